The van der Waals surface area contributed by atoms with E-state index in [2.05, 4.69) is 15.3 Å². The third-order valence-corrected chi connectivity index (χ3v) is 5.96. The number of fused-ring (bicyclic) bond motifs is 1. The van der Waals surface area contributed by atoms with Crippen LogP contribution in [-0.4, -0.2) is 63.1 Å². The van der Waals surface area contributed by atoms with Gasteiger partial charge in [0.05, 0.1) is 17.5 Å². The summed E-state index contributed by atoms with van der Waals surface area (Å²) in [6.45, 7) is 1.51. The summed E-state index contributed by atoms with van der Waals surface area (Å²) in [6.07, 6.45) is 0.932. The van der Waals surface area contributed by atoms with Crippen LogP contribution in [0.1, 0.15) is 25.7 Å². The summed E-state index contributed by atoms with van der Waals surface area (Å²) in [5, 5.41) is 27.6. The summed E-state index contributed by atoms with van der Waals surface area (Å²) in [6, 6.07) is 5.87. The topological polar surface area (TPSA) is 128 Å². The zero-order chi connectivity index (χ0) is 22.2. The maximum Gasteiger partial charge on any atom is 0.306 e. The Kier molecular flexibility index (Phi) is 5.29. The second kappa shape index (κ2) is 7.92. The highest BCUT2D eigenvalue weighted by Gasteiger charge is 2.34. The monoisotopic (exact) mass is 425 g/mol. The van der Waals surface area contributed by atoms with Crippen LogP contribution in [0.15, 0.2) is 29.7 Å². The molecule has 31 heavy (non-hydrogen) atoms. The van der Waals surface area contributed by atoms with Crippen molar-refractivity contribution >= 4 is 40.3 Å². The Balaban J connectivity index is 1.59. The molecule has 2 aliphatic rings. The molecule has 162 valence electrons. The number of rotatable bonds is 4. The first-order valence-electron chi connectivity index (χ1n) is 10.0. The van der Waals surface area contributed by atoms with Crippen LogP contribution in [0.25, 0.3) is 10.9 Å². The predicted octanol–water partition coefficient (Wildman–Crippen LogP) is 0.568. The molecule has 0 amide bonds. The molecule has 0 spiro atoms. The van der Waals surface area contributed by atoms with Gasteiger partial charge in [-0.15, -0.1) is 0 Å². The maximum absolute atomic E-state index is 11.4. The van der Waals surface area contributed by atoms with Gasteiger partial charge in [0.1, 0.15) is 11.6 Å². The lowest BCUT2D eigenvalue weighted by Crippen LogP contribution is -2.45. The molecule has 1 aromatic carbocycles. The van der Waals surface area contributed by atoms with Crippen LogP contribution < -0.4 is 15.1 Å². The Morgan fingerprint density at radius 2 is 1.97 bits per heavy atom. The Morgan fingerprint density at radius 1 is 1.23 bits per heavy atom. The summed E-state index contributed by atoms with van der Waals surface area (Å²) in [4.78, 5) is 37.1. The minimum absolute atomic E-state index is 0.127. The quantitative estimate of drug-likeness (QED) is 0.602. The lowest BCUT2D eigenvalue weighted by molar-refractivity contribution is -0.143. The number of nitrogens with one attached hydrogen (secondary N) is 1. The smallest absolute Gasteiger partial charge is 0.306 e. The third kappa shape index (κ3) is 3.92. The van der Waals surface area contributed by atoms with Crippen molar-refractivity contribution in [1.29, 1.82) is 0 Å². The van der Waals surface area contributed by atoms with Crippen molar-refractivity contribution in [3.8, 4) is 0 Å². The zero-order valence-electron chi connectivity index (χ0n) is 17.1. The van der Waals surface area contributed by atoms with Crippen LogP contribution in [0, 0.1) is 0 Å². The van der Waals surface area contributed by atoms with Crippen LogP contribution in [-0.2, 0) is 21.4 Å². The number of carbonyl (C=O) groups excluding carboxylic acids is 2. The average Bonchev–Trinajstić information content (AvgIpc) is 3.08. The largest absolute Gasteiger partial charge is 0.481 e. The standard InChI is InChI=1S/C21H23N5O5/c1-24-17-10-15(25-8-5-21(31,6-9-25)11-19(29)30)2-3-16(17)20(23-24)26-7-4-14(12-27)22-18(26)13-28/h2-3,10,22,31H,4-9,11H2,1H3,(H,29,30). The number of aliphatic hydroxyl groups is 1. The summed E-state index contributed by atoms with van der Waals surface area (Å²) < 4.78 is 1.73. The Bertz CT molecular complexity index is 1130. The van der Waals surface area contributed by atoms with Gasteiger partial charge < -0.3 is 25.3 Å². The van der Waals surface area contributed by atoms with Gasteiger partial charge in [-0.1, -0.05) is 0 Å². The average molecular weight is 425 g/mol. The van der Waals surface area contributed by atoms with E-state index >= 15 is 0 Å². The molecule has 2 saturated heterocycles. The van der Waals surface area contributed by atoms with Gasteiger partial charge in [0.15, 0.2) is 17.6 Å². The summed E-state index contributed by atoms with van der Waals surface area (Å²) in [5.41, 5.74) is 0.958. The van der Waals surface area contributed by atoms with E-state index in [1.807, 2.05) is 31.2 Å². The fourth-order valence-corrected chi connectivity index (χ4v) is 4.24. The molecular weight excluding hydrogens is 402 g/mol. The predicted molar refractivity (Wildman–Crippen MR) is 113 cm³/mol. The van der Waals surface area contributed by atoms with Gasteiger partial charge in [0.25, 0.3) is 0 Å². The van der Waals surface area contributed by atoms with Crippen molar-refractivity contribution in [3.05, 3.63) is 29.7 Å². The Morgan fingerprint density at radius 3 is 2.61 bits per heavy atom. The van der Waals surface area contributed by atoms with Crippen LogP contribution in [0.2, 0.25) is 0 Å². The van der Waals surface area contributed by atoms with Crippen molar-refractivity contribution in [2.45, 2.75) is 31.3 Å². The molecule has 0 atom stereocenters. The number of aromatic nitrogens is 2. The normalized spacial score (nSPS) is 18.5. The number of hydrogen-bond donors (Lipinski definition) is 3. The van der Waals surface area contributed by atoms with Crippen LogP contribution in [0.3, 0.4) is 0 Å². The molecule has 3 heterocycles. The first-order valence-corrected chi connectivity index (χ1v) is 10.0. The second-order valence-electron chi connectivity index (χ2n) is 7.99. The van der Waals surface area contributed by atoms with E-state index in [9.17, 15) is 19.5 Å². The molecule has 10 heteroatoms. The minimum atomic E-state index is -1.17. The first-order chi connectivity index (χ1) is 14.8. The van der Waals surface area contributed by atoms with Crippen molar-refractivity contribution < 1.29 is 24.6 Å². The number of carbonyl (C=O) groups is 1. The second-order valence-corrected chi connectivity index (χ2v) is 7.99. The minimum Gasteiger partial charge on any atom is -0.481 e. The highest BCUT2D eigenvalue weighted by Crippen LogP contribution is 2.34. The molecular formula is C21H23N5O5. The molecule has 0 saturated carbocycles. The molecule has 2 aliphatic heterocycles. The highest BCUT2D eigenvalue weighted by atomic mass is 16.4. The summed E-state index contributed by atoms with van der Waals surface area (Å²) in [7, 11) is 1.82. The zero-order valence-corrected chi connectivity index (χ0v) is 17.1. The van der Waals surface area contributed by atoms with Crippen LogP contribution in [0.4, 0.5) is 11.5 Å². The number of carboxylic acid groups (broad SMARTS) is 1. The molecule has 0 unspecified atom stereocenters. The number of aryl methyl sites for hydroxylation is 1. The summed E-state index contributed by atoms with van der Waals surface area (Å²) >= 11 is 0. The van der Waals surface area contributed by atoms with Crippen LogP contribution in [0.5, 0.6) is 0 Å². The van der Waals surface area contributed by atoms with Crippen molar-refractivity contribution in [2.24, 2.45) is 7.05 Å². The molecule has 2 aromatic rings. The Labute approximate surface area is 178 Å². The first kappa shape index (κ1) is 20.7. The number of nitrogens with zero attached hydrogens (tertiary/aromatic N) is 4. The van der Waals surface area contributed by atoms with Gasteiger partial charge in [-0.05, 0) is 31.0 Å². The van der Waals surface area contributed by atoms with E-state index in [1.54, 1.807) is 15.5 Å². The van der Waals surface area contributed by atoms with Crippen LogP contribution >= 0.6 is 0 Å². The molecule has 0 bridgehead atoms. The molecule has 0 radical (unpaired) electrons. The van der Waals surface area contributed by atoms with E-state index in [1.165, 1.54) is 0 Å². The van der Waals surface area contributed by atoms with Crippen molar-refractivity contribution in [3.63, 3.8) is 0 Å². The molecule has 2 fully saturated rings. The van der Waals surface area contributed by atoms with E-state index in [0.29, 0.717) is 50.4 Å². The van der Waals surface area contributed by atoms with Gasteiger partial charge in [0, 0.05) is 44.2 Å². The van der Waals surface area contributed by atoms with E-state index < -0.39 is 11.6 Å². The SMILES string of the molecule is Cn1nc(N2CCC(=C=O)NC2=C=O)c2ccc(N3CCC(O)(CC(=O)O)CC3)cc21. The van der Waals surface area contributed by atoms with Gasteiger partial charge in [-0.25, -0.2) is 9.59 Å². The molecule has 0 aliphatic carbocycles. The number of hydrogen-bond acceptors (Lipinski definition) is 8. The van der Waals surface area contributed by atoms with E-state index in [0.717, 1.165) is 16.6 Å². The Hall–Kier alpha value is -3.58. The molecule has 1 aromatic heterocycles. The van der Waals surface area contributed by atoms with Gasteiger partial charge in [0.2, 0.25) is 0 Å². The van der Waals surface area contributed by atoms with Crippen molar-refractivity contribution in [2.75, 3.05) is 29.4 Å². The number of anilines is 2. The molecule has 10 nitrogen and oxygen atoms in total. The van der Waals surface area contributed by atoms with Crippen molar-refractivity contribution in [1.82, 2.24) is 15.1 Å². The fraction of sp³-hybridized carbons (Fsp3) is 0.429. The molecule has 4 rings (SSSR count). The van der Waals surface area contributed by atoms with Gasteiger partial charge >= 0.3 is 5.97 Å². The van der Waals surface area contributed by atoms with E-state index in [-0.39, 0.29) is 12.2 Å². The highest BCUT2D eigenvalue weighted by molar-refractivity contribution is 5.94. The fourth-order valence-electron chi connectivity index (χ4n) is 4.24. The lowest BCUT2D eigenvalue weighted by atomic mass is 9.88. The number of aliphatic carboxylic acids is 1. The van der Waals surface area contributed by atoms with Gasteiger partial charge in [-0.3, -0.25) is 9.48 Å². The number of piperidine rings is 1. The number of carboxylic acids is 1. The number of benzene rings is 1. The maximum atomic E-state index is 11.4. The summed E-state index contributed by atoms with van der Waals surface area (Å²) in [5.74, 6) is 3.35. The third-order valence-electron chi connectivity index (χ3n) is 5.96. The van der Waals surface area contributed by atoms with E-state index in [4.69, 9.17) is 5.11 Å². The molecule has 3 N–H and O–H groups in total. The lowest BCUT2D eigenvalue weighted by Gasteiger charge is -2.38. The van der Waals surface area contributed by atoms with Gasteiger partial charge in [-0.2, -0.15) is 5.10 Å².